The van der Waals surface area contributed by atoms with Gasteiger partial charge in [-0.2, -0.15) is 0 Å². The van der Waals surface area contributed by atoms with Crippen LogP contribution >= 0.6 is 0 Å². The molecule has 0 spiro atoms. The van der Waals surface area contributed by atoms with Gasteiger partial charge in [0.15, 0.2) is 11.5 Å². The highest BCUT2D eigenvalue weighted by molar-refractivity contribution is 6.08. The molecular weight excluding hydrogens is 270 g/mol. The first kappa shape index (κ1) is 13.7. The van der Waals surface area contributed by atoms with Crippen molar-refractivity contribution in [2.45, 2.75) is 32.2 Å². The summed E-state index contributed by atoms with van der Waals surface area (Å²) in [4.78, 5) is 13.5. The molecule has 21 heavy (non-hydrogen) atoms. The van der Waals surface area contributed by atoms with Crippen molar-refractivity contribution >= 4 is 11.9 Å². The largest absolute Gasteiger partial charge is 0.454 e. The Kier molecular flexibility index (Phi) is 3.23. The van der Waals surface area contributed by atoms with Crippen molar-refractivity contribution in [3.8, 4) is 11.5 Å². The lowest BCUT2D eigenvalue weighted by Crippen LogP contribution is -2.47. The minimum Gasteiger partial charge on any atom is -0.454 e. The van der Waals surface area contributed by atoms with Crippen LogP contribution in [0.4, 0.5) is 4.79 Å². The van der Waals surface area contributed by atoms with E-state index >= 15 is 0 Å². The van der Waals surface area contributed by atoms with Crippen molar-refractivity contribution in [1.29, 1.82) is 5.41 Å². The highest BCUT2D eigenvalue weighted by atomic mass is 16.7. The second kappa shape index (κ2) is 4.95. The number of nitrogens with zero attached hydrogens (tertiary/aromatic N) is 1. The molecule has 1 unspecified atom stereocenters. The lowest BCUT2D eigenvalue weighted by Gasteiger charge is -2.32. The number of hydrogen-bond donors (Lipinski definition) is 2. The third kappa shape index (κ3) is 2.20. The number of amidine groups is 1. The number of benzene rings is 1. The lowest BCUT2D eigenvalue weighted by atomic mass is 9.91. The summed E-state index contributed by atoms with van der Waals surface area (Å²) in [6.07, 6.45) is 1.46. The number of rotatable bonds is 4. The summed E-state index contributed by atoms with van der Waals surface area (Å²) in [5.41, 5.74) is 0.547. The van der Waals surface area contributed by atoms with Crippen molar-refractivity contribution in [2.24, 2.45) is 0 Å². The molecular formula is C15H19N3O3. The molecule has 2 aliphatic rings. The van der Waals surface area contributed by atoms with Crippen LogP contribution < -0.4 is 14.8 Å². The number of aryl methyl sites for hydroxylation is 1. The van der Waals surface area contributed by atoms with Crippen LogP contribution in [0.1, 0.15) is 25.8 Å². The van der Waals surface area contributed by atoms with Crippen molar-refractivity contribution < 1.29 is 14.3 Å². The number of urea groups is 1. The summed E-state index contributed by atoms with van der Waals surface area (Å²) in [6.45, 7) is 4.72. The molecule has 1 fully saturated rings. The number of likely N-dealkylation sites (N-methyl/N-ethyl adjacent to an activating group) is 1. The van der Waals surface area contributed by atoms with E-state index in [1.54, 1.807) is 4.90 Å². The van der Waals surface area contributed by atoms with Gasteiger partial charge in [0.1, 0.15) is 5.84 Å². The molecule has 0 aromatic heterocycles. The fourth-order valence-corrected chi connectivity index (χ4v) is 2.90. The molecule has 3 rings (SSSR count). The molecule has 1 atom stereocenters. The van der Waals surface area contributed by atoms with Gasteiger partial charge in [-0.05, 0) is 44.4 Å². The second-order valence-electron chi connectivity index (χ2n) is 5.51. The molecule has 0 saturated carbocycles. The SMILES string of the molecule is CCN1C(=O)NC(=N)C1(C)CCc1ccc2c(c1)OCO2. The van der Waals surface area contributed by atoms with Crippen molar-refractivity contribution in [3.63, 3.8) is 0 Å². The number of fused-ring (bicyclic) bond motifs is 1. The van der Waals surface area contributed by atoms with Crippen LogP contribution in [0, 0.1) is 5.41 Å². The number of carbonyl (C=O) groups excluding carboxylic acids is 1. The first-order valence-electron chi connectivity index (χ1n) is 7.11. The molecule has 2 aliphatic heterocycles. The van der Waals surface area contributed by atoms with Crippen LogP contribution in [-0.4, -0.2) is 35.6 Å². The quantitative estimate of drug-likeness (QED) is 0.891. The Labute approximate surface area is 123 Å². The standard InChI is InChI=1S/C15H19N3O3/c1-3-18-14(19)17-13(16)15(18,2)7-6-10-4-5-11-12(8-10)21-9-20-11/h4-5,8H,3,6-7,9H2,1-2H3,(H2,16,17,19). The van der Waals surface area contributed by atoms with Gasteiger partial charge in [0.2, 0.25) is 6.79 Å². The molecule has 0 radical (unpaired) electrons. The molecule has 112 valence electrons. The predicted octanol–water partition coefficient (Wildman–Crippen LogP) is 2.13. The van der Waals surface area contributed by atoms with E-state index in [0.717, 1.165) is 23.5 Å². The molecule has 1 aromatic carbocycles. The van der Waals surface area contributed by atoms with Crippen LogP contribution in [-0.2, 0) is 6.42 Å². The summed E-state index contributed by atoms with van der Waals surface area (Å²) < 4.78 is 10.7. The van der Waals surface area contributed by atoms with Gasteiger partial charge < -0.3 is 14.4 Å². The summed E-state index contributed by atoms with van der Waals surface area (Å²) in [6, 6.07) is 5.69. The smallest absolute Gasteiger partial charge is 0.323 e. The fourth-order valence-electron chi connectivity index (χ4n) is 2.90. The van der Waals surface area contributed by atoms with Crippen molar-refractivity contribution in [2.75, 3.05) is 13.3 Å². The lowest BCUT2D eigenvalue weighted by molar-refractivity contribution is 0.173. The van der Waals surface area contributed by atoms with Gasteiger partial charge in [0, 0.05) is 6.54 Å². The zero-order valence-electron chi connectivity index (χ0n) is 12.2. The van der Waals surface area contributed by atoms with E-state index in [0.29, 0.717) is 13.0 Å². The van der Waals surface area contributed by atoms with Crippen LogP contribution in [0.3, 0.4) is 0 Å². The Bertz CT molecular complexity index is 602. The Morgan fingerprint density at radius 1 is 1.38 bits per heavy atom. The fraction of sp³-hybridized carbons (Fsp3) is 0.467. The average molecular weight is 289 g/mol. The van der Waals surface area contributed by atoms with Crippen LogP contribution in [0.2, 0.25) is 0 Å². The number of amides is 2. The summed E-state index contributed by atoms with van der Waals surface area (Å²) >= 11 is 0. The molecule has 1 saturated heterocycles. The van der Waals surface area contributed by atoms with Gasteiger partial charge in [-0.25, -0.2) is 4.79 Å². The van der Waals surface area contributed by atoms with E-state index < -0.39 is 5.54 Å². The number of ether oxygens (including phenoxy) is 2. The van der Waals surface area contributed by atoms with Gasteiger partial charge in [-0.15, -0.1) is 0 Å². The Morgan fingerprint density at radius 2 is 2.14 bits per heavy atom. The minimum atomic E-state index is -0.567. The maximum atomic E-state index is 11.8. The van der Waals surface area contributed by atoms with E-state index in [-0.39, 0.29) is 18.7 Å². The normalized spacial score (nSPS) is 23.6. The first-order valence-corrected chi connectivity index (χ1v) is 7.11. The monoisotopic (exact) mass is 289 g/mol. The van der Waals surface area contributed by atoms with Gasteiger partial charge in [0.05, 0.1) is 5.54 Å². The highest BCUT2D eigenvalue weighted by Crippen LogP contribution is 2.34. The van der Waals surface area contributed by atoms with E-state index in [2.05, 4.69) is 5.32 Å². The van der Waals surface area contributed by atoms with Gasteiger partial charge >= 0.3 is 6.03 Å². The van der Waals surface area contributed by atoms with Crippen LogP contribution in [0.15, 0.2) is 18.2 Å². The number of hydrogen-bond acceptors (Lipinski definition) is 4. The predicted molar refractivity (Wildman–Crippen MR) is 77.9 cm³/mol. The minimum absolute atomic E-state index is 0.185. The highest BCUT2D eigenvalue weighted by Gasteiger charge is 2.45. The third-order valence-electron chi connectivity index (χ3n) is 4.27. The second-order valence-corrected chi connectivity index (χ2v) is 5.51. The zero-order chi connectivity index (χ0) is 15.0. The zero-order valence-corrected chi connectivity index (χ0v) is 12.2. The van der Waals surface area contributed by atoms with Crippen LogP contribution in [0.25, 0.3) is 0 Å². The van der Waals surface area contributed by atoms with Gasteiger partial charge in [0.25, 0.3) is 0 Å². The molecule has 2 N–H and O–H groups in total. The van der Waals surface area contributed by atoms with Crippen molar-refractivity contribution in [3.05, 3.63) is 23.8 Å². The van der Waals surface area contributed by atoms with Crippen molar-refractivity contribution in [1.82, 2.24) is 10.2 Å². The Balaban J connectivity index is 1.74. The summed E-state index contributed by atoms with van der Waals surface area (Å²) in [5, 5.41) is 10.6. The number of carbonyl (C=O) groups is 1. The summed E-state index contributed by atoms with van der Waals surface area (Å²) in [7, 11) is 0. The Morgan fingerprint density at radius 3 is 2.90 bits per heavy atom. The first-order chi connectivity index (χ1) is 10.0. The molecule has 1 aromatic rings. The molecule has 6 heteroatoms. The molecule has 6 nitrogen and oxygen atoms in total. The van der Waals surface area contributed by atoms with Crippen LogP contribution in [0.5, 0.6) is 11.5 Å². The van der Waals surface area contributed by atoms with E-state index in [4.69, 9.17) is 14.9 Å². The molecule has 0 aliphatic carbocycles. The van der Waals surface area contributed by atoms with E-state index in [1.807, 2.05) is 32.0 Å². The average Bonchev–Trinajstić information content (AvgIpc) is 3.00. The third-order valence-corrected chi connectivity index (χ3v) is 4.27. The summed E-state index contributed by atoms with van der Waals surface area (Å²) in [5.74, 6) is 1.81. The number of nitrogens with one attached hydrogen (secondary N) is 2. The van der Waals surface area contributed by atoms with Gasteiger partial charge in [-0.1, -0.05) is 6.07 Å². The maximum Gasteiger partial charge on any atom is 0.323 e. The van der Waals surface area contributed by atoms with E-state index in [1.165, 1.54) is 0 Å². The Hall–Kier alpha value is -2.24. The topological polar surface area (TPSA) is 74.7 Å². The van der Waals surface area contributed by atoms with E-state index in [9.17, 15) is 4.79 Å². The molecule has 0 bridgehead atoms. The molecule has 2 heterocycles. The maximum absolute atomic E-state index is 11.8. The molecule has 2 amide bonds. The van der Waals surface area contributed by atoms with Gasteiger partial charge in [-0.3, -0.25) is 10.7 Å².